The maximum Gasteiger partial charge on any atom is 0.490 e. The number of aryl methyl sites for hydroxylation is 1. The number of aromatic nitrogens is 2. The van der Waals surface area contributed by atoms with Crippen LogP contribution >= 0.6 is 11.3 Å². The maximum atomic E-state index is 12.7. The van der Waals surface area contributed by atoms with Crippen LogP contribution in [0.5, 0.6) is 0 Å². The number of halogens is 3. The van der Waals surface area contributed by atoms with E-state index in [-0.39, 0.29) is 18.1 Å². The van der Waals surface area contributed by atoms with Gasteiger partial charge in [0.1, 0.15) is 10.5 Å². The number of thiophene rings is 1. The summed E-state index contributed by atoms with van der Waals surface area (Å²) in [6.45, 7) is 6.32. The number of carboxylic acids is 1. The van der Waals surface area contributed by atoms with Crippen molar-refractivity contribution in [1.29, 1.82) is 0 Å². The van der Waals surface area contributed by atoms with Crippen LogP contribution < -0.4 is 15.8 Å². The minimum Gasteiger partial charge on any atom is -0.475 e. The molecule has 1 aromatic carbocycles. The molecule has 0 saturated carbocycles. The van der Waals surface area contributed by atoms with Crippen LogP contribution in [0.4, 0.5) is 29.3 Å². The fourth-order valence-corrected chi connectivity index (χ4v) is 4.28. The number of nitrogens with zero attached hydrogens (tertiary/aromatic N) is 4. The zero-order valence-electron chi connectivity index (χ0n) is 20.4. The van der Waals surface area contributed by atoms with E-state index < -0.39 is 12.1 Å². The lowest BCUT2D eigenvalue weighted by molar-refractivity contribution is -0.192. The van der Waals surface area contributed by atoms with E-state index in [1.807, 2.05) is 24.4 Å². The minimum atomic E-state index is -5.08. The number of carbonyl (C=O) groups excluding carboxylic acids is 1. The average molecular weight is 541 g/mol. The van der Waals surface area contributed by atoms with E-state index in [0.29, 0.717) is 16.0 Å². The molecule has 0 atom stereocenters. The van der Waals surface area contributed by atoms with Crippen LogP contribution in [0.15, 0.2) is 34.4 Å². The number of alkyl halides is 3. The van der Waals surface area contributed by atoms with Crippen molar-refractivity contribution in [2.75, 3.05) is 50.5 Å². The van der Waals surface area contributed by atoms with E-state index in [1.54, 1.807) is 7.05 Å². The van der Waals surface area contributed by atoms with E-state index in [0.717, 1.165) is 37.4 Å². The molecule has 1 aliphatic rings. The molecule has 37 heavy (non-hydrogen) atoms. The lowest BCUT2D eigenvalue weighted by atomic mass is 10.1. The molecule has 3 heterocycles. The quantitative estimate of drug-likeness (QED) is 0.464. The second kappa shape index (κ2) is 11.6. The van der Waals surface area contributed by atoms with E-state index in [4.69, 9.17) is 9.90 Å². The molecule has 4 rings (SSSR count). The van der Waals surface area contributed by atoms with Gasteiger partial charge in [0, 0.05) is 44.6 Å². The van der Waals surface area contributed by atoms with Crippen LogP contribution in [0.2, 0.25) is 0 Å². The van der Waals surface area contributed by atoms with Gasteiger partial charge in [-0.25, -0.2) is 14.6 Å². The van der Waals surface area contributed by atoms with Crippen LogP contribution in [0.25, 0.3) is 10.2 Å². The summed E-state index contributed by atoms with van der Waals surface area (Å²) in [4.78, 5) is 47.1. The summed E-state index contributed by atoms with van der Waals surface area (Å²) in [5.41, 5.74) is 3.45. The highest BCUT2D eigenvalue weighted by molar-refractivity contribution is 7.17. The number of carboxylic acid groups (broad SMARTS) is 1. The van der Waals surface area contributed by atoms with Crippen LogP contribution in [0, 0.1) is 6.92 Å². The first-order valence-corrected chi connectivity index (χ1v) is 12.1. The number of likely N-dealkylation sites (N-methyl/N-ethyl adjacent to an activating group) is 1. The number of piperazine rings is 1. The molecular formula is C23H27F3N6O4S. The standard InChI is InChI=1S/C21H26N6O2S.C2HF3O2/c1-14-12-15(27-9-7-25(2)8-10-27)4-5-16(14)23-21(29)26(3)13-18-22-17-6-11-30-19(17)20(28)24-18;3-2(4,5)1(6)7/h4-6,11-12H,7-10,13H2,1-3H3,(H,23,29)(H,22,24,28);(H,6,7). The molecule has 10 nitrogen and oxygen atoms in total. The zero-order chi connectivity index (χ0) is 27.3. The van der Waals surface area contributed by atoms with Gasteiger partial charge in [-0.05, 0) is 49.2 Å². The smallest absolute Gasteiger partial charge is 0.475 e. The molecule has 2 amide bonds. The molecule has 1 aliphatic heterocycles. The van der Waals surface area contributed by atoms with Crippen molar-refractivity contribution in [3.63, 3.8) is 0 Å². The fraction of sp³-hybridized carbons (Fsp3) is 0.391. The number of aromatic amines is 1. The first kappa shape index (κ1) is 27.9. The molecule has 200 valence electrons. The number of hydrogen-bond donors (Lipinski definition) is 3. The number of aliphatic carboxylic acids is 1. The van der Waals surface area contributed by atoms with Gasteiger partial charge >= 0.3 is 18.2 Å². The zero-order valence-corrected chi connectivity index (χ0v) is 21.2. The summed E-state index contributed by atoms with van der Waals surface area (Å²) in [6, 6.07) is 7.68. The second-order valence-electron chi connectivity index (χ2n) is 8.53. The van der Waals surface area contributed by atoms with E-state index in [9.17, 15) is 22.8 Å². The number of carbonyl (C=O) groups is 2. The van der Waals surface area contributed by atoms with Gasteiger partial charge < -0.3 is 30.1 Å². The molecule has 3 N–H and O–H groups in total. The molecule has 1 saturated heterocycles. The van der Waals surface area contributed by atoms with Crippen molar-refractivity contribution < 1.29 is 27.9 Å². The first-order chi connectivity index (χ1) is 17.3. The Morgan fingerprint density at radius 1 is 1.22 bits per heavy atom. The van der Waals surface area contributed by atoms with Gasteiger partial charge in [0.15, 0.2) is 0 Å². The van der Waals surface area contributed by atoms with Crippen LogP contribution in [0.3, 0.4) is 0 Å². The van der Waals surface area contributed by atoms with Crippen molar-refractivity contribution in [3.8, 4) is 0 Å². The predicted octanol–water partition coefficient (Wildman–Crippen LogP) is 3.34. The molecule has 14 heteroatoms. The number of hydrogen-bond acceptors (Lipinski definition) is 7. The Balaban J connectivity index is 0.000000479. The van der Waals surface area contributed by atoms with Crippen LogP contribution in [-0.2, 0) is 11.3 Å². The number of benzene rings is 1. The predicted molar refractivity (Wildman–Crippen MR) is 135 cm³/mol. The van der Waals surface area contributed by atoms with Crippen molar-refractivity contribution in [2.45, 2.75) is 19.6 Å². The average Bonchev–Trinajstić information content (AvgIpc) is 3.30. The van der Waals surface area contributed by atoms with Crippen molar-refractivity contribution in [2.24, 2.45) is 0 Å². The van der Waals surface area contributed by atoms with Gasteiger partial charge in [-0.15, -0.1) is 11.3 Å². The Morgan fingerprint density at radius 2 is 1.86 bits per heavy atom. The van der Waals surface area contributed by atoms with Crippen molar-refractivity contribution >= 4 is 44.9 Å². The summed E-state index contributed by atoms with van der Waals surface area (Å²) in [5.74, 6) is -2.29. The number of H-pyrrole nitrogens is 1. The Bertz CT molecular complexity index is 1320. The highest BCUT2D eigenvalue weighted by Crippen LogP contribution is 2.24. The van der Waals surface area contributed by atoms with Crippen molar-refractivity contribution in [1.82, 2.24) is 19.8 Å². The molecule has 2 aromatic heterocycles. The third kappa shape index (κ3) is 7.43. The summed E-state index contributed by atoms with van der Waals surface area (Å²) in [6.07, 6.45) is -5.08. The molecule has 0 unspecified atom stereocenters. The Labute approximate surface area is 214 Å². The van der Waals surface area contributed by atoms with Gasteiger partial charge in [-0.3, -0.25) is 4.79 Å². The Morgan fingerprint density at radius 3 is 2.46 bits per heavy atom. The number of rotatable bonds is 4. The minimum absolute atomic E-state index is 0.172. The van der Waals surface area contributed by atoms with Gasteiger partial charge in [0.05, 0.1) is 12.1 Å². The molecular weight excluding hydrogens is 513 g/mol. The highest BCUT2D eigenvalue weighted by atomic mass is 32.1. The largest absolute Gasteiger partial charge is 0.490 e. The van der Waals surface area contributed by atoms with E-state index in [2.05, 4.69) is 44.3 Å². The van der Waals surface area contributed by atoms with Crippen LogP contribution in [0.1, 0.15) is 11.4 Å². The fourth-order valence-electron chi connectivity index (χ4n) is 3.55. The third-order valence-electron chi connectivity index (χ3n) is 5.66. The van der Waals surface area contributed by atoms with Gasteiger partial charge in [0.2, 0.25) is 0 Å². The monoisotopic (exact) mass is 540 g/mol. The second-order valence-corrected chi connectivity index (χ2v) is 9.44. The molecule has 0 radical (unpaired) electrons. The topological polar surface area (TPSA) is 122 Å². The number of nitrogens with one attached hydrogen (secondary N) is 2. The number of anilines is 2. The summed E-state index contributed by atoms with van der Waals surface area (Å²) >= 11 is 1.36. The summed E-state index contributed by atoms with van der Waals surface area (Å²) < 4.78 is 32.3. The highest BCUT2D eigenvalue weighted by Gasteiger charge is 2.38. The van der Waals surface area contributed by atoms with Crippen molar-refractivity contribution in [3.05, 3.63) is 51.4 Å². The van der Waals surface area contributed by atoms with E-state index in [1.165, 1.54) is 21.9 Å². The maximum absolute atomic E-state index is 12.7. The first-order valence-electron chi connectivity index (χ1n) is 11.2. The SMILES string of the molecule is Cc1cc(N2CCN(C)CC2)ccc1NC(=O)N(C)Cc1nc2ccsc2c(=O)[nH]1.O=C(O)C(F)(F)F. The van der Waals surface area contributed by atoms with Gasteiger partial charge in [-0.2, -0.15) is 13.2 Å². The number of fused-ring (bicyclic) bond motifs is 1. The molecule has 0 bridgehead atoms. The Hall–Kier alpha value is -3.65. The summed E-state index contributed by atoms with van der Waals surface area (Å²) in [7, 11) is 3.82. The van der Waals surface area contributed by atoms with Crippen LogP contribution in [-0.4, -0.2) is 83.3 Å². The summed E-state index contributed by atoms with van der Waals surface area (Å²) in [5, 5.41) is 11.9. The molecule has 1 fully saturated rings. The normalized spacial score (nSPS) is 14.2. The lowest BCUT2D eigenvalue weighted by Gasteiger charge is -2.34. The molecule has 0 spiro atoms. The molecule has 0 aliphatic carbocycles. The molecule has 3 aromatic rings. The third-order valence-corrected chi connectivity index (χ3v) is 6.56. The van der Waals surface area contributed by atoms with Gasteiger partial charge in [0.25, 0.3) is 5.56 Å². The van der Waals surface area contributed by atoms with E-state index >= 15 is 0 Å². The Kier molecular flexibility index (Phi) is 8.76. The number of amides is 2. The number of urea groups is 1. The van der Waals surface area contributed by atoms with Gasteiger partial charge in [-0.1, -0.05) is 0 Å². The lowest BCUT2D eigenvalue weighted by Crippen LogP contribution is -2.44.